The highest BCUT2D eigenvalue weighted by Gasteiger charge is 2.53. The Morgan fingerprint density at radius 1 is 1.04 bits per heavy atom. The lowest BCUT2D eigenvalue weighted by molar-refractivity contribution is -0.151. The third kappa shape index (κ3) is 3.94. The van der Waals surface area contributed by atoms with Gasteiger partial charge in [-0.1, -0.05) is 0 Å². The van der Waals surface area contributed by atoms with Gasteiger partial charge in [-0.15, -0.1) is 0 Å². The summed E-state index contributed by atoms with van der Waals surface area (Å²) in [5.74, 6) is -0.727. The largest absolute Gasteiger partial charge is 0.495 e. The molecule has 0 amide bonds. The molecule has 0 atom stereocenters. The Balaban J connectivity index is 1.89. The Kier molecular flexibility index (Phi) is 5.31. The van der Waals surface area contributed by atoms with Crippen LogP contribution in [0.15, 0.2) is 12.3 Å². The molecule has 8 heteroatoms. The Bertz CT molecular complexity index is 757. The van der Waals surface area contributed by atoms with Gasteiger partial charge in [-0.05, 0) is 51.2 Å². The van der Waals surface area contributed by atoms with Crippen molar-refractivity contribution in [3.63, 3.8) is 0 Å². The van der Waals surface area contributed by atoms with E-state index in [1.807, 2.05) is 33.8 Å². The van der Waals surface area contributed by atoms with Gasteiger partial charge in [0.05, 0.1) is 11.2 Å². The van der Waals surface area contributed by atoms with E-state index in [9.17, 15) is 9.59 Å². The zero-order valence-electron chi connectivity index (χ0n) is 17.5. The van der Waals surface area contributed by atoms with Crippen LogP contribution in [0.1, 0.15) is 52.8 Å². The normalized spacial score (nSPS) is 21.3. The number of aromatic nitrogens is 1. The molecule has 7 nitrogen and oxygen atoms in total. The first-order valence-corrected chi connectivity index (χ1v) is 9.54. The molecule has 0 aromatic carbocycles. The van der Waals surface area contributed by atoms with E-state index in [1.54, 1.807) is 6.20 Å². The highest BCUT2D eigenvalue weighted by Crippen LogP contribution is 2.40. The molecule has 3 rings (SSSR count). The first-order valence-electron chi connectivity index (χ1n) is 9.54. The summed E-state index contributed by atoms with van der Waals surface area (Å²) < 4.78 is 23.0. The van der Waals surface area contributed by atoms with Crippen LogP contribution in [0.3, 0.4) is 0 Å². The van der Waals surface area contributed by atoms with E-state index < -0.39 is 23.7 Å². The van der Waals surface area contributed by atoms with Crippen molar-refractivity contribution in [2.24, 2.45) is 5.41 Å². The number of fused-ring (bicyclic) bond motifs is 1. The lowest BCUT2D eigenvalue weighted by Crippen LogP contribution is -2.41. The second-order valence-electron chi connectivity index (χ2n) is 8.83. The molecule has 2 heterocycles. The van der Waals surface area contributed by atoms with Gasteiger partial charge in [0.1, 0.15) is 13.2 Å². The average Bonchev–Trinajstić information content (AvgIpc) is 3.05. The van der Waals surface area contributed by atoms with Gasteiger partial charge in [-0.25, -0.2) is 0 Å². The van der Waals surface area contributed by atoms with E-state index in [0.717, 1.165) is 16.7 Å². The number of nitrogens with zero attached hydrogens (tertiary/aromatic N) is 1. The summed E-state index contributed by atoms with van der Waals surface area (Å²) in [7, 11) is -0.500. The molecule has 1 aliphatic heterocycles. The fraction of sp³-hybridized carbons (Fsp3) is 0.650. The van der Waals surface area contributed by atoms with Crippen LogP contribution in [0.25, 0.3) is 0 Å². The molecule has 0 unspecified atom stereocenters. The van der Waals surface area contributed by atoms with Gasteiger partial charge in [0.25, 0.3) is 0 Å². The lowest BCUT2D eigenvalue weighted by Gasteiger charge is -2.32. The SMILES string of the molecule is CC(=O)OCC1(COC(C)=O)Cc2nccc(B3OC(C)(C)C(C)(C)O3)c2C1. The molecule has 1 fully saturated rings. The smallest absolute Gasteiger partial charge is 0.465 e. The van der Waals surface area contributed by atoms with Crippen LogP contribution in [-0.4, -0.2) is 48.5 Å². The summed E-state index contributed by atoms with van der Waals surface area (Å²) in [6, 6.07) is 1.91. The molecular weight excluding hydrogens is 361 g/mol. The molecule has 0 spiro atoms. The van der Waals surface area contributed by atoms with E-state index in [1.165, 1.54) is 13.8 Å². The van der Waals surface area contributed by atoms with E-state index in [0.29, 0.717) is 12.8 Å². The number of ether oxygens (including phenoxy) is 2. The van der Waals surface area contributed by atoms with Crippen LogP contribution in [0.4, 0.5) is 0 Å². The van der Waals surface area contributed by atoms with Crippen molar-refractivity contribution in [1.82, 2.24) is 4.98 Å². The zero-order valence-corrected chi connectivity index (χ0v) is 17.5. The molecule has 0 bridgehead atoms. The van der Waals surface area contributed by atoms with Crippen LogP contribution in [0, 0.1) is 5.41 Å². The molecule has 0 radical (unpaired) electrons. The molecule has 1 aliphatic carbocycles. The van der Waals surface area contributed by atoms with Crippen molar-refractivity contribution in [2.75, 3.05) is 13.2 Å². The summed E-state index contributed by atoms with van der Waals surface area (Å²) in [5, 5.41) is 0. The Labute approximate surface area is 166 Å². The second-order valence-corrected chi connectivity index (χ2v) is 8.83. The van der Waals surface area contributed by atoms with Crippen molar-refractivity contribution in [3.05, 3.63) is 23.5 Å². The third-order valence-corrected chi connectivity index (χ3v) is 5.95. The number of pyridine rings is 1. The molecule has 1 saturated heterocycles. The summed E-state index contributed by atoms with van der Waals surface area (Å²) >= 11 is 0. The van der Waals surface area contributed by atoms with Crippen molar-refractivity contribution >= 4 is 24.5 Å². The number of rotatable bonds is 5. The van der Waals surface area contributed by atoms with Gasteiger partial charge in [-0.2, -0.15) is 0 Å². The van der Waals surface area contributed by atoms with Gasteiger partial charge in [0.15, 0.2) is 0 Å². The minimum Gasteiger partial charge on any atom is -0.465 e. The van der Waals surface area contributed by atoms with Crippen LogP contribution in [0.2, 0.25) is 0 Å². The quantitative estimate of drug-likeness (QED) is 0.559. The molecule has 2 aliphatic rings. The summed E-state index contributed by atoms with van der Waals surface area (Å²) in [4.78, 5) is 27.3. The first kappa shape index (κ1) is 20.8. The predicted molar refractivity (Wildman–Crippen MR) is 103 cm³/mol. The van der Waals surface area contributed by atoms with Crippen molar-refractivity contribution in [2.45, 2.75) is 65.6 Å². The number of hydrogen-bond acceptors (Lipinski definition) is 7. The Morgan fingerprint density at radius 2 is 1.57 bits per heavy atom. The molecular formula is C20H28BNO6. The van der Waals surface area contributed by atoms with Crippen LogP contribution >= 0.6 is 0 Å². The van der Waals surface area contributed by atoms with Crippen LogP contribution < -0.4 is 5.46 Å². The van der Waals surface area contributed by atoms with E-state index in [4.69, 9.17) is 18.8 Å². The van der Waals surface area contributed by atoms with Gasteiger partial charge in [0, 0.05) is 37.6 Å². The lowest BCUT2D eigenvalue weighted by atomic mass is 9.75. The van der Waals surface area contributed by atoms with E-state index in [-0.39, 0.29) is 25.2 Å². The van der Waals surface area contributed by atoms with Crippen molar-refractivity contribution in [1.29, 1.82) is 0 Å². The number of esters is 2. The van der Waals surface area contributed by atoms with Crippen LogP contribution in [-0.2, 0) is 41.2 Å². The molecule has 1 aromatic rings. The maximum atomic E-state index is 11.4. The van der Waals surface area contributed by atoms with Crippen molar-refractivity contribution < 1.29 is 28.4 Å². The second kappa shape index (κ2) is 7.15. The number of hydrogen-bond donors (Lipinski definition) is 0. The topological polar surface area (TPSA) is 84.0 Å². The zero-order chi connectivity index (χ0) is 20.7. The molecule has 152 valence electrons. The predicted octanol–water partition coefficient (Wildman–Crippen LogP) is 1.59. The van der Waals surface area contributed by atoms with E-state index in [2.05, 4.69) is 4.98 Å². The molecule has 28 heavy (non-hydrogen) atoms. The fourth-order valence-electron chi connectivity index (χ4n) is 3.65. The summed E-state index contributed by atoms with van der Waals surface area (Å²) in [6.07, 6.45) is 2.86. The first-order chi connectivity index (χ1) is 12.9. The highest BCUT2D eigenvalue weighted by atomic mass is 16.7. The van der Waals surface area contributed by atoms with Crippen molar-refractivity contribution in [3.8, 4) is 0 Å². The summed E-state index contributed by atoms with van der Waals surface area (Å²) in [6.45, 7) is 11.1. The third-order valence-electron chi connectivity index (χ3n) is 5.95. The monoisotopic (exact) mass is 389 g/mol. The minimum atomic E-state index is -0.535. The Hall–Kier alpha value is -1.93. The maximum absolute atomic E-state index is 11.4. The summed E-state index contributed by atoms with van der Waals surface area (Å²) in [5.41, 5.74) is 1.41. The van der Waals surface area contributed by atoms with E-state index >= 15 is 0 Å². The fourth-order valence-corrected chi connectivity index (χ4v) is 3.65. The van der Waals surface area contributed by atoms with Gasteiger partial charge >= 0.3 is 19.1 Å². The molecule has 1 aromatic heterocycles. The van der Waals surface area contributed by atoms with Gasteiger partial charge in [-0.3, -0.25) is 14.6 Å². The average molecular weight is 389 g/mol. The highest BCUT2D eigenvalue weighted by molar-refractivity contribution is 6.62. The number of carbonyl (C=O) groups excluding carboxylic acids is 2. The number of carbonyl (C=O) groups is 2. The minimum absolute atomic E-state index is 0.161. The van der Waals surface area contributed by atoms with Crippen LogP contribution in [0.5, 0.6) is 0 Å². The standard InChI is InChI=1S/C20H28BNO6/c1-13(23)25-11-20(12-26-14(2)24)9-15-16(7-8-22-17(15)10-20)21-27-18(3,4)19(5,6)28-21/h7-8H,9-12H2,1-6H3. The maximum Gasteiger partial charge on any atom is 0.495 e. The van der Waals surface area contributed by atoms with Gasteiger partial charge in [0.2, 0.25) is 0 Å². The van der Waals surface area contributed by atoms with Gasteiger partial charge < -0.3 is 18.8 Å². The molecule has 0 saturated carbocycles. The Morgan fingerprint density at radius 3 is 2.07 bits per heavy atom. The molecule has 0 N–H and O–H groups in total.